The van der Waals surface area contributed by atoms with Gasteiger partial charge in [0.2, 0.25) is 5.95 Å². The van der Waals surface area contributed by atoms with Gasteiger partial charge >= 0.3 is 0 Å². The van der Waals surface area contributed by atoms with Gasteiger partial charge in [0.05, 0.1) is 29.5 Å². The quantitative estimate of drug-likeness (QED) is 0.607. The summed E-state index contributed by atoms with van der Waals surface area (Å²) in [5.74, 6) is 0.705. The van der Waals surface area contributed by atoms with E-state index in [1.54, 1.807) is 18.2 Å². The lowest BCUT2D eigenvalue weighted by Gasteiger charge is -2.28. The molecule has 2 aromatic rings. The fraction of sp³-hybridized carbons (Fsp3) is 0.250. The van der Waals surface area contributed by atoms with Crippen LogP contribution in [-0.4, -0.2) is 42.5 Å². The van der Waals surface area contributed by atoms with Gasteiger partial charge in [-0.1, -0.05) is 29.3 Å². The van der Waals surface area contributed by atoms with E-state index in [9.17, 15) is 5.26 Å². The lowest BCUT2D eigenvalue weighted by Crippen LogP contribution is -2.37. The lowest BCUT2D eigenvalue weighted by atomic mass is 10.2. The number of morpholine rings is 1. The zero-order valence-electron chi connectivity index (χ0n) is 13.6. The van der Waals surface area contributed by atoms with Gasteiger partial charge in [-0.2, -0.15) is 20.3 Å². The number of ether oxygens (including phenoxy) is 1. The van der Waals surface area contributed by atoms with Crippen LogP contribution < -0.4 is 16.1 Å². The topological polar surface area (TPSA) is 112 Å². The highest BCUT2D eigenvalue weighted by atomic mass is 35.5. The Balaban J connectivity index is 1.89. The Morgan fingerprint density at radius 3 is 2.62 bits per heavy atom. The maximum atomic E-state index is 9.56. The van der Waals surface area contributed by atoms with Crippen LogP contribution in [0.4, 0.5) is 17.6 Å². The Kier molecular flexibility index (Phi) is 5.73. The Morgan fingerprint density at radius 2 is 1.96 bits per heavy atom. The Labute approximate surface area is 160 Å². The number of nitrogens with one attached hydrogen (secondary N) is 1. The van der Waals surface area contributed by atoms with Crippen LogP contribution in [0.15, 0.2) is 23.3 Å². The van der Waals surface area contributed by atoms with Crippen LogP contribution in [0.1, 0.15) is 11.1 Å². The first-order valence-electron chi connectivity index (χ1n) is 7.73. The van der Waals surface area contributed by atoms with Crippen molar-refractivity contribution in [2.75, 3.05) is 42.4 Å². The summed E-state index contributed by atoms with van der Waals surface area (Å²) in [4.78, 5) is 10.2. The van der Waals surface area contributed by atoms with Crippen molar-refractivity contribution in [3.8, 4) is 6.07 Å². The average molecular weight is 392 g/mol. The van der Waals surface area contributed by atoms with Gasteiger partial charge in [0.25, 0.3) is 0 Å². The van der Waals surface area contributed by atoms with Crippen molar-refractivity contribution in [3.63, 3.8) is 0 Å². The molecule has 0 aliphatic carbocycles. The molecule has 3 rings (SSSR count). The van der Waals surface area contributed by atoms with Gasteiger partial charge in [0.1, 0.15) is 11.6 Å². The molecule has 0 bridgehead atoms. The highest BCUT2D eigenvalue weighted by Crippen LogP contribution is 2.26. The third-order valence-corrected chi connectivity index (χ3v) is 4.35. The second-order valence-corrected chi connectivity index (χ2v) is 6.16. The van der Waals surface area contributed by atoms with Gasteiger partial charge in [-0.15, -0.1) is 0 Å². The van der Waals surface area contributed by atoms with Crippen LogP contribution in [-0.2, 0) is 4.74 Å². The maximum absolute atomic E-state index is 9.56. The molecule has 10 heteroatoms. The molecule has 1 aromatic carbocycles. The van der Waals surface area contributed by atoms with E-state index in [1.165, 1.54) is 6.21 Å². The summed E-state index contributed by atoms with van der Waals surface area (Å²) in [6.07, 6.45) is 1.46. The van der Waals surface area contributed by atoms with Gasteiger partial charge in [-0.05, 0) is 12.1 Å². The number of nitrogens with two attached hydrogens (primary N) is 1. The van der Waals surface area contributed by atoms with Gasteiger partial charge in [0.15, 0.2) is 11.6 Å². The van der Waals surface area contributed by atoms with Gasteiger partial charge in [0, 0.05) is 18.7 Å². The van der Waals surface area contributed by atoms with E-state index in [0.717, 1.165) is 0 Å². The number of hydrazone groups is 1. The molecular weight excluding hydrogens is 377 g/mol. The lowest BCUT2D eigenvalue weighted by molar-refractivity contribution is 0.122. The zero-order valence-corrected chi connectivity index (χ0v) is 15.1. The van der Waals surface area contributed by atoms with Crippen LogP contribution >= 0.6 is 23.2 Å². The average Bonchev–Trinajstić information content (AvgIpc) is 2.64. The van der Waals surface area contributed by atoms with E-state index in [-0.39, 0.29) is 17.3 Å². The van der Waals surface area contributed by atoms with Crippen LogP contribution in [0.2, 0.25) is 10.0 Å². The molecule has 0 amide bonds. The van der Waals surface area contributed by atoms with E-state index in [2.05, 4.69) is 26.6 Å². The summed E-state index contributed by atoms with van der Waals surface area (Å²) in [6, 6.07) is 7.25. The third-order valence-electron chi connectivity index (χ3n) is 3.69. The first kappa shape index (κ1) is 18.2. The Hall–Kier alpha value is -2.60. The standard InChI is InChI=1S/C16H15Cl2N7O/c17-12-2-1-3-13(18)11(12)9-21-24-14-10(8-19)15(23-16(20)22-14)25-4-6-26-7-5-25/h1-3,9H,4-7H2,(H3,20,22,23,24)/b21-9+. The molecule has 1 aliphatic heterocycles. The first-order chi connectivity index (χ1) is 12.6. The van der Waals surface area contributed by atoms with Gasteiger partial charge in [-0.25, -0.2) is 0 Å². The molecule has 1 saturated heterocycles. The van der Waals surface area contributed by atoms with E-state index in [4.69, 9.17) is 33.7 Å². The summed E-state index contributed by atoms with van der Waals surface area (Å²) in [5.41, 5.74) is 9.33. The minimum atomic E-state index is 0.0407. The predicted octanol–water partition coefficient (Wildman–Crippen LogP) is 2.52. The van der Waals surface area contributed by atoms with Crippen molar-refractivity contribution in [2.45, 2.75) is 0 Å². The fourth-order valence-electron chi connectivity index (χ4n) is 2.45. The first-order valence-corrected chi connectivity index (χ1v) is 8.49. The maximum Gasteiger partial charge on any atom is 0.224 e. The number of hydrogen-bond donors (Lipinski definition) is 2. The fourth-order valence-corrected chi connectivity index (χ4v) is 2.94. The second kappa shape index (κ2) is 8.19. The number of nitriles is 1. The van der Waals surface area contributed by atoms with Crippen molar-refractivity contribution < 1.29 is 4.74 Å². The van der Waals surface area contributed by atoms with Crippen molar-refractivity contribution in [2.24, 2.45) is 5.10 Å². The smallest absolute Gasteiger partial charge is 0.224 e. The second-order valence-electron chi connectivity index (χ2n) is 5.35. The number of rotatable bonds is 4. The van der Waals surface area contributed by atoms with Crippen molar-refractivity contribution in [1.82, 2.24) is 9.97 Å². The summed E-state index contributed by atoms with van der Waals surface area (Å²) >= 11 is 12.2. The number of nitrogen functional groups attached to an aromatic ring is 1. The van der Waals surface area contributed by atoms with Gasteiger partial charge < -0.3 is 15.4 Å². The summed E-state index contributed by atoms with van der Waals surface area (Å²) in [5, 5.41) is 14.6. The molecule has 1 aromatic heterocycles. The molecule has 0 saturated carbocycles. The normalized spacial score (nSPS) is 14.4. The number of halogens is 2. The highest BCUT2D eigenvalue weighted by molar-refractivity contribution is 6.38. The molecule has 8 nitrogen and oxygen atoms in total. The predicted molar refractivity (Wildman–Crippen MR) is 102 cm³/mol. The minimum Gasteiger partial charge on any atom is -0.378 e. The summed E-state index contributed by atoms with van der Waals surface area (Å²) in [6.45, 7) is 2.34. The number of hydrogen-bond acceptors (Lipinski definition) is 8. The summed E-state index contributed by atoms with van der Waals surface area (Å²) in [7, 11) is 0. The van der Waals surface area contributed by atoms with Crippen LogP contribution in [0.5, 0.6) is 0 Å². The molecule has 0 atom stereocenters. The largest absolute Gasteiger partial charge is 0.378 e. The molecule has 3 N–H and O–H groups in total. The monoisotopic (exact) mass is 391 g/mol. The number of aromatic nitrogens is 2. The van der Waals surface area contributed by atoms with Crippen molar-refractivity contribution >= 4 is 47.0 Å². The van der Waals surface area contributed by atoms with E-state index < -0.39 is 0 Å². The minimum absolute atomic E-state index is 0.0407. The SMILES string of the molecule is N#Cc1c(N/N=C/c2c(Cl)cccc2Cl)nc(N)nc1N1CCOCC1. The van der Waals surface area contributed by atoms with E-state index in [0.29, 0.717) is 47.7 Å². The molecule has 1 aliphatic rings. The van der Waals surface area contributed by atoms with E-state index in [1.807, 2.05) is 4.90 Å². The highest BCUT2D eigenvalue weighted by Gasteiger charge is 2.21. The summed E-state index contributed by atoms with van der Waals surface area (Å²) < 4.78 is 5.33. The molecule has 26 heavy (non-hydrogen) atoms. The number of anilines is 3. The molecular formula is C16H15Cl2N7O. The van der Waals surface area contributed by atoms with Gasteiger partial charge in [-0.3, -0.25) is 5.43 Å². The molecule has 2 heterocycles. The van der Waals surface area contributed by atoms with Crippen LogP contribution in [0, 0.1) is 11.3 Å². The molecule has 1 fully saturated rings. The molecule has 0 unspecified atom stereocenters. The molecule has 0 spiro atoms. The van der Waals surface area contributed by atoms with Crippen molar-refractivity contribution in [1.29, 1.82) is 5.26 Å². The van der Waals surface area contributed by atoms with Crippen molar-refractivity contribution in [3.05, 3.63) is 39.4 Å². The molecule has 134 valence electrons. The van der Waals surface area contributed by atoms with E-state index >= 15 is 0 Å². The Bertz CT molecular complexity index is 855. The van der Waals surface area contributed by atoms with Crippen LogP contribution in [0.3, 0.4) is 0 Å². The molecule has 0 radical (unpaired) electrons. The number of nitrogens with zero attached hydrogens (tertiary/aromatic N) is 5. The number of benzene rings is 1. The van der Waals surface area contributed by atoms with Crippen LogP contribution in [0.25, 0.3) is 0 Å². The zero-order chi connectivity index (χ0) is 18.5. The Morgan fingerprint density at radius 1 is 1.27 bits per heavy atom. The third kappa shape index (κ3) is 3.96.